The molecule has 2 unspecified atom stereocenters. The summed E-state index contributed by atoms with van der Waals surface area (Å²) in [7, 11) is 3.53. The Kier molecular flexibility index (Phi) is 5.61. The molecule has 4 rings (SSSR count). The van der Waals surface area contributed by atoms with Gasteiger partial charge in [0.1, 0.15) is 6.17 Å². The largest absolute Gasteiger partial charge is 0.383 e. The lowest BCUT2D eigenvalue weighted by atomic mass is 9.95. The molecule has 2 atom stereocenters. The number of alkyl halides is 1. The van der Waals surface area contributed by atoms with Crippen LogP contribution in [0.1, 0.15) is 44.9 Å². The lowest BCUT2D eigenvalue weighted by molar-refractivity contribution is 0.0652. The maximum atomic E-state index is 13.1. The highest BCUT2D eigenvalue weighted by molar-refractivity contribution is 5.03. The van der Waals surface area contributed by atoms with Gasteiger partial charge in [0.15, 0.2) is 0 Å². The van der Waals surface area contributed by atoms with E-state index in [1.165, 1.54) is 45.2 Å². The summed E-state index contributed by atoms with van der Waals surface area (Å²) in [6.45, 7) is 5.96. The number of hydrogen-bond acceptors (Lipinski definition) is 4. The summed E-state index contributed by atoms with van der Waals surface area (Å²) in [6, 6.07) is 0. The Balaban J connectivity index is 0.000000136. The van der Waals surface area contributed by atoms with Gasteiger partial charge < -0.3 is 9.47 Å². The summed E-state index contributed by atoms with van der Waals surface area (Å²) in [5.74, 6) is 0. The smallest absolute Gasteiger partial charge is 0.115 e. The minimum absolute atomic E-state index is 0.0637. The molecule has 0 aromatic carbocycles. The monoisotopic (exact) mass is 328 g/mol. The van der Waals surface area contributed by atoms with Crippen molar-refractivity contribution >= 4 is 0 Å². The summed E-state index contributed by atoms with van der Waals surface area (Å²) in [5, 5.41) is 0. The van der Waals surface area contributed by atoms with Crippen LogP contribution in [-0.2, 0) is 9.47 Å². The Bertz CT molecular complexity index is 385. The van der Waals surface area contributed by atoms with Crippen LogP contribution in [0.2, 0.25) is 0 Å². The van der Waals surface area contributed by atoms with Crippen molar-refractivity contribution in [1.29, 1.82) is 0 Å². The number of fused-ring (bicyclic) bond motifs is 2. The van der Waals surface area contributed by atoms with Crippen LogP contribution in [-0.4, -0.2) is 80.7 Å². The van der Waals surface area contributed by atoms with Gasteiger partial charge in [-0.05, 0) is 58.2 Å². The molecule has 0 radical (unpaired) electrons. The maximum absolute atomic E-state index is 13.1. The summed E-state index contributed by atoms with van der Waals surface area (Å²) in [6.07, 6.45) is 7.85. The number of nitrogens with zero attached hydrogens (tertiary/aromatic N) is 2. The van der Waals surface area contributed by atoms with E-state index in [-0.39, 0.29) is 5.54 Å². The molecule has 23 heavy (non-hydrogen) atoms. The molecule has 134 valence electrons. The average molecular weight is 328 g/mol. The number of halogens is 1. The fourth-order valence-corrected chi connectivity index (χ4v) is 5.45. The molecule has 0 aromatic rings. The van der Waals surface area contributed by atoms with E-state index < -0.39 is 6.17 Å². The first-order chi connectivity index (χ1) is 11.1. The molecule has 4 aliphatic heterocycles. The molecule has 4 fully saturated rings. The molecule has 0 aliphatic carbocycles. The van der Waals surface area contributed by atoms with Gasteiger partial charge in [0, 0.05) is 38.3 Å². The van der Waals surface area contributed by atoms with E-state index in [9.17, 15) is 4.39 Å². The van der Waals surface area contributed by atoms with Crippen LogP contribution < -0.4 is 0 Å². The van der Waals surface area contributed by atoms with Gasteiger partial charge in [-0.25, -0.2) is 4.39 Å². The van der Waals surface area contributed by atoms with Crippen LogP contribution in [0, 0.1) is 0 Å². The second kappa shape index (κ2) is 7.34. The SMILES string of the molecule is COCC12CCCN1CC(F)C2.COCC12CCCN1CCC2. The Morgan fingerprint density at radius 1 is 0.870 bits per heavy atom. The highest BCUT2D eigenvalue weighted by Crippen LogP contribution is 2.40. The van der Waals surface area contributed by atoms with Gasteiger partial charge >= 0.3 is 0 Å². The maximum Gasteiger partial charge on any atom is 0.115 e. The van der Waals surface area contributed by atoms with Crippen LogP contribution in [0.25, 0.3) is 0 Å². The Hall–Kier alpha value is -0.230. The van der Waals surface area contributed by atoms with Gasteiger partial charge in [-0.15, -0.1) is 0 Å². The molecule has 0 bridgehead atoms. The van der Waals surface area contributed by atoms with Gasteiger partial charge in [0.2, 0.25) is 0 Å². The van der Waals surface area contributed by atoms with E-state index in [0.717, 1.165) is 19.6 Å². The van der Waals surface area contributed by atoms with Crippen molar-refractivity contribution in [2.45, 2.75) is 62.2 Å². The van der Waals surface area contributed by atoms with E-state index in [1.807, 2.05) is 7.11 Å². The molecule has 4 heterocycles. The van der Waals surface area contributed by atoms with Crippen LogP contribution in [0.4, 0.5) is 4.39 Å². The van der Waals surface area contributed by atoms with Crippen molar-refractivity contribution in [2.75, 3.05) is 53.6 Å². The van der Waals surface area contributed by atoms with Crippen LogP contribution in [0.3, 0.4) is 0 Å². The molecule has 4 nitrogen and oxygen atoms in total. The zero-order valence-corrected chi connectivity index (χ0v) is 14.9. The van der Waals surface area contributed by atoms with Gasteiger partial charge in [-0.2, -0.15) is 0 Å². The lowest BCUT2D eigenvalue weighted by Crippen LogP contribution is -2.42. The van der Waals surface area contributed by atoms with E-state index in [4.69, 9.17) is 9.47 Å². The molecule has 4 saturated heterocycles. The predicted octanol–water partition coefficient (Wildman–Crippen LogP) is 2.47. The number of ether oxygens (including phenoxy) is 2. The zero-order chi connectivity index (χ0) is 16.3. The van der Waals surface area contributed by atoms with Crippen LogP contribution in [0.15, 0.2) is 0 Å². The molecule has 0 amide bonds. The van der Waals surface area contributed by atoms with Gasteiger partial charge in [-0.1, -0.05) is 0 Å². The van der Waals surface area contributed by atoms with Gasteiger partial charge in [-0.3, -0.25) is 9.80 Å². The van der Waals surface area contributed by atoms with Crippen molar-refractivity contribution < 1.29 is 13.9 Å². The summed E-state index contributed by atoms with van der Waals surface area (Å²) < 4.78 is 23.6. The fourth-order valence-electron chi connectivity index (χ4n) is 5.45. The highest BCUT2D eigenvalue weighted by Gasteiger charge is 2.48. The molecule has 0 N–H and O–H groups in total. The molecular weight excluding hydrogens is 295 g/mol. The standard InChI is InChI=1S/C9H16FNO.C9H17NO/c1-12-7-9-3-2-4-11(9)6-8(10)5-9;1-11-8-9-4-2-6-10(9)7-3-5-9/h8H,2-7H2,1H3;2-8H2,1H3. The first kappa shape index (κ1) is 17.6. The van der Waals surface area contributed by atoms with Crippen molar-refractivity contribution in [3.05, 3.63) is 0 Å². The molecule has 0 aromatic heterocycles. The Labute approximate surface area is 140 Å². The molecule has 0 spiro atoms. The minimum Gasteiger partial charge on any atom is -0.383 e. The van der Waals surface area contributed by atoms with Crippen LogP contribution >= 0.6 is 0 Å². The van der Waals surface area contributed by atoms with Crippen LogP contribution in [0.5, 0.6) is 0 Å². The second-order valence-corrected chi connectivity index (χ2v) is 7.86. The summed E-state index contributed by atoms with van der Waals surface area (Å²) in [4.78, 5) is 4.89. The molecular formula is C18H33FN2O2. The van der Waals surface area contributed by atoms with Gasteiger partial charge in [0.05, 0.1) is 13.2 Å². The number of hydrogen-bond donors (Lipinski definition) is 0. The molecule has 4 aliphatic rings. The molecule has 0 saturated carbocycles. The van der Waals surface area contributed by atoms with Crippen molar-refractivity contribution in [3.63, 3.8) is 0 Å². The second-order valence-electron chi connectivity index (χ2n) is 7.86. The first-order valence-electron chi connectivity index (χ1n) is 9.26. The first-order valence-corrected chi connectivity index (χ1v) is 9.26. The third-order valence-electron chi connectivity index (χ3n) is 6.40. The summed E-state index contributed by atoms with van der Waals surface area (Å²) >= 11 is 0. The van der Waals surface area contributed by atoms with Crippen molar-refractivity contribution in [2.24, 2.45) is 0 Å². The lowest BCUT2D eigenvalue weighted by Gasteiger charge is -2.30. The van der Waals surface area contributed by atoms with Gasteiger partial charge in [0.25, 0.3) is 0 Å². The normalized spacial score (nSPS) is 35.9. The van der Waals surface area contributed by atoms with Crippen molar-refractivity contribution in [1.82, 2.24) is 9.80 Å². The predicted molar refractivity (Wildman–Crippen MR) is 89.6 cm³/mol. The average Bonchev–Trinajstić information content (AvgIpc) is 3.19. The van der Waals surface area contributed by atoms with Crippen molar-refractivity contribution in [3.8, 4) is 0 Å². The highest BCUT2D eigenvalue weighted by atomic mass is 19.1. The third kappa shape index (κ3) is 3.44. The van der Waals surface area contributed by atoms with E-state index in [0.29, 0.717) is 25.1 Å². The van der Waals surface area contributed by atoms with E-state index >= 15 is 0 Å². The van der Waals surface area contributed by atoms with E-state index in [1.54, 1.807) is 7.11 Å². The summed E-state index contributed by atoms with van der Waals surface area (Å²) in [5.41, 5.74) is 0.531. The number of methoxy groups -OCH3 is 2. The third-order valence-corrected chi connectivity index (χ3v) is 6.40. The Morgan fingerprint density at radius 2 is 1.39 bits per heavy atom. The zero-order valence-electron chi connectivity index (χ0n) is 14.9. The quantitative estimate of drug-likeness (QED) is 0.791. The topological polar surface area (TPSA) is 24.9 Å². The Morgan fingerprint density at radius 3 is 2.00 bits per heavy atom. The van der Waals surface area contributed by atoms with E-state index in [2.05, 4.69) is 9.80 Å². The minimum atomic E-state index is -0.625. The number of rotatable bonds is 4. The fraction of sp³-hybridized carbons (Fsp3) is 1.00. The molecule has 5 heteroatoms.